The van der Waals surface area contributed by atoms with Crippen LogP contribution in [0.25, 0.3) is 0 Å². The van der Waals surface area contributed by atoms with Crippen molar-refractivity contribution in [3.05, 3.63) is 65.2 Å². The summed E-state index contributed by atoms with van der Waals surface area (Å²) in [5.74, 6) is 0.372. The van der Waals surface area contributed by atoms with Crippen LogP contribution >= 0.6 is 0 Å². The molecular formula is C18H18N2O3. The quantitative estimate of drug-likeness (QED) is 0.857. The van der Waals surface area contributed by atoms with Gasteiger partial charge in [0.25, 0.3) is 5.91 Å². The second kappa shape index (κ2) is 7.97. The molecule has 0 aromatic heterocycles. The highest BCUT2D eigenvalue weighted by atomic mass is 16.5. The molecule has 0 bridgehead atoms. The van der Waals surface area contributed by atoms with Gasteiger partial charge in [0, 0.05) is 17.7 Å². The maximum atomic E-state index is 11.8. The van der Waals surface area contributed by atoms with Gasteiger partial charge in [-0.15, -0.1) is 0 Å². The van der Waals surface area contributed by atoms with Gasteiger partial charge in [0.2, 0.25) is 0 Å². The highest BCUT2D eigenvalue weighted by molar-refractivity contribution is 5.94. The Balaban J connectivity index is 1.95. The molecule has 0 radical (unpaired) electrons. The summed E-state index contributed by atoms with van der Waals surface area (Å²) in [7, 11) is 0. The fourth-order valence-corrected chi connectivity index (χ4v) is 1.96. The molecule has 1 amide bonds. The molecule has 1 atom stereocenters. The molecule has 0 saturated heterocycles. The van der Waals surface area contributed by atoms with Crippen LogP contribution in [0.1, 0.15) is 28.4 Å². The van der Waals surface area contributed by atoms with E-state index in [-0.39, 0.29) is 19.1 Å². The summed E-state index contributed by atoms with van der Waals surface area (Å²) in [5, 5.41) is 20.8. The summed E-state index contributed by atoms with van der Waals surface area (Å²) in [6.07, 6.45) is -0.582. The third kappa shape index (κ3) is 4.83. The van der Waals surface area contributed by atoms with Crippen molar-refractivity contribution in [3.63, 3.8) is 0 Å². The number of aliphatic hydroxyl groups excluding tert-OH is 1. The van der Waals surface area contributed by atoms with Crippen LogP contribution in [-0.4, -0.2) is 23.7 Å². The first-order valence-corrected chi connectivity index (χ1v) is 7.27. The van der Waals surface area contributed by atoms with E-state index < -0.39 is 6.10 Å². The molecule has 5 nitrogen and oxygen atoms in total. The van der Waals surface area contributed by atoms with Crippen LogP contribution in [0.4, 0.5) is 0 Å². The fraction of sp³-hybridized carbons (Fsp3) is 0.222. The average Bonchev–Trinajstić information content (AvgIpc) is 2.58. The molecule has 2 N–H and O–H groups in total. The van der Waals surface area contributed by atoms with Gasteiger partial charge in [-0.2, -0.15) is 5.26 Å². The summed E-state index contributed by atoms with van der Waals surface area (Å²) >= 11 is 0. The zero-order chi connectivity index (χ0) is 16.7. The standard InChI is InChI=1S/C18H18N2O3/c1-13(21)11-20-18(22)14-6-8-17(9-7-14)23-12-16-5-3-2-4-15(16)10-19/h2-9,13,21H,11-12H2,1H3,(H,20,22). The molecule has 0 heterocycles. The van der Waals surface area contributed by atoms with Gasteiger partial charge in [-0.25, -0.2) is 0 Å². The van der Waals surface area contributed by atoms with E-state index in [1.54, 1.807) is 37.3 Å². The highest BCUT2D eigenvalue weighted by Gasteiger charge is 2.07. The van der Waals surface area contributed by atoms with Crippen LogP contribution < -0.4 is 10.1 Å². The molecule has 1 unspecified atom stereocenters. The molecule has 2 aromatic rings. The lowest BCUT2D eigenvalue weighted by Crippen LogP contribution is -2.30. The number of amides is 1. The molecular weight excluding hydrogens is 292 g/mol. The first kappa shape index (κ1) is 16.5. The molecule has 0 fully saturated rings. The van der Waals surface area contributed by atoms with Crippen molar-refractivity contribution in [1.29, 1.82) is 5.26 Å². The van der Waals surface area contributed by atoms with Gasteiger partial charge in [-0.1, -0.05) is 18.2 Å². The number of ether oxygens (including phenoxy) is 1. The Hall–Kier alpha value is -2.84. The van der Waals surface area contributed by atoms with Crippen molar-refractivity contribution in [3.8, 4) is 11.8 Å². The number of hydrogen-bond acceptors (Lipinski definition) is 4. The highest BCUT2D eigenvalue weighted by Crippen LogP contribution is 2.16. The number of nitrogens with one attached hydrogen (secondary N) is 1. The minimum atomic E-state index is -0.582. The maximum Gasteiger partial charge on any atom is 0.251 e. The van der Waals surface area contributed by atoms with Crippen molar-refractivity contribution in [2.24, 2.45) is 0 Å². The lowest BCUT2D eigenvalue weighted by atomic mass is 10.1. The number of carbonyl (C=O) groups is 1. The zero-order valence-electron chi connectivity index (χ0n) is 12.8. The van der Waals surface area contributed by atoms with Gasteiger partial charge in [-0.3, -0.25) is 4.79 Å². The van der Waals surface area contributed by atoms with Crippen molar-refractivity contribution in [1.82, 2.24) is 5.32 Å². The summed E-state index contributed by atoms with van der Waals surface area (Å²) < 4.78 is 5.64. The van der Waals surface area contributed by atoms with E-state index in [1.807, 2.05) is 18.2 Å². The van der Waals surface area contributed by atoms with E-state index in [0.29, 0.717) is 16.9 Å². The number of nitriles is 1. The molecule has 0 saturated carbocycles. The number of hydrogen-bond donors (Lipinski definition) is 2. The summed E-state index contributed by atoms with van der Waals surface area (Å²) in [6.45, 7) is 2.11. The van der Waals surface area contributed by atoms with Crippen LogP contribution in [0.2, 0.25) is 0 Å². The fourth-order valence-electron chi connectivity index (χ4n) is 1.96. The second-order valence-electron chi connectivity index (χ2n) is 5.14. The smallest absolute Gasteiger partial charge is 0.251 e. The van der Waals surface area contributed by atoms with E-state index in [2.05, 4.69) is 11.4 Å². The second-order valence-corrected chi connectivity index (χ2v) is 5.14. The van der Waals surface area contributed by atoms with E-state index >= 15 is 0 Å². The van der Waals surface area contributed by atoms with Crippen molar-refractivity contribution in [2.45, 2.75) is 19.6 Å². The van der Waals surface area contributed by atoms with Crippen LogP contribution in [0.5, 0.6) is 5.75 Å². The van der Waals surface area contributed by atoms with Crippen LogP contribution in [-0.2, 0) is 6.61 Å². The number of carbonyl (C=O) groups excluding carboxylic acids is 1. The van der Waals surface area contributed by atoms with Crippen molar-refractivity contribution in [2.75, 3.05) is 6.54 Å². The van der Waals surface area contributed by atoms with E-state index in [0.717, 1.165) is 5.56 Å². The Morgan fingerprint density at radius 1 is 1.26 bits per heavy atom. The van der Waals surface area contributed by atoms with Crippen LogP contribution in [0.15, 0.2) is 48.5 Å². The molecule has 5 heteroatoms. The third-order valence-corrected chi connectivity index (χ3v) is 3.21. The van der Waals surface area contributed by atoms with Gasteiger partial charge in [0.15, 0.2) is 0 Å². The van der Waals surface area contributed by atoms with Gasteiger partial charge >= 0.3 is 0 Å². The van der Waals surface area contributed by atoms with Gasteiger partial charge in [0.05, 0.1) is 17.7 Å². The number of aliphatic hydroxyl groups is 1. The van der Waals surface area contributed by atoms with E-state index in [9.17, 15) is 4.79 Å². The Kier molecular flexibility index (Phi) is 5.73. The molecule has 0 aliphatic rings. The Morgan fingerprint density at radius 2 is 1.96 bits per heavy atom. The predicted molar refractivity (Wildman–Crippen MR) is 85.9 cm³/mol. The minimum absolute atomic E-state index is 0.210. The normalized spacial score (nSPS) is 11.3. The number of benzene rings is 2. The SMILES string of the molecule is CC(O)CNC(=O)c1ccc(OCc2ccccc2C#N)cc1. The Labute approximate surface area is 135 Å². The van der Waals surface area contributed by atoms with Crippen LogP contribution in [0.3, 0.4) is 0 Å². The van der Waals surface area contributed by atoms with Gasteiger partial charge in [-0.05, 0) is 37.3 Å². The zero-order valence-corrected chi connectivity index (χ0v) is 12.8. The molecule has 0 spiro atoms. The summed E-state index contributed by atoms with van der Waals surface area (Å²) in [4.78, 5) is 11.8. The molecule has 118 valence electrons. The largest absolute Gasteiger partial charge is 0.489 e. The average molecular weight is 310 g/mol. The van der Waals surface area contributed by atoms with Crippen molar-refractivity contribution < 1.29 is 14.6 Å². The summed E-state index contributed by atoms with van der Waals surface area (Å²) in [5.41, 5.74) is 1.89. The lowest BCUT2D eigenvalue weighted by Gasteiger charge is -2.09. The van der Waals surface area contributed by atoms with Crippen molar-refractivity contribution >= 4 is 5.91 Å². The monoisotopic (exact) mass is 310 g/mol. The molecule has 0 aliphatic heterocycles. The topological polar surface area (TPSA) is 82.3 Å². The Bertz CT molecular complexity index is 703. The van der Waals surface area contributed by atoms with Gasteiger partial charge in [0.1, 0.15) is 12.4 Å². The third-order valence-electron chi connectivity index (χ3n) is 3.21. The maximum absolute atomic E-state index is 11.8. The molecule has 23 heavy (non-hydrogen) atoms. The first-order valence-electron chi connectivity index (χ1n) is 7.27. The summed E-state index contributed by atoms with van der Waals surface area (Å²) in [6, 6.07) is 16.1. The van der Waals surface area contributed by atoms with E-state index in [1.165, 1.54) is 0 Å². The van der Waals surface area contributed by atoms with E-state index in [4.69, 9.17) is 15.1 Å². The molecule has 0 aliphatic carbocycles. The number of rotatable bonds is 6. The number of nitrogens with zero attached hydrogens (tertiary/aromatic N) is 1. The van der Waals surface area contributed by atoms with Gasteiger partial charge < -0.3 is 15.2 Å². The predicted octanol–water partition coefficient (Wildman–Crippen LogP) is 2.25. The lowest BCUT2D eigenvalue weighted by molar-refractivity contribution is 0.0924. The molecule has 2 aromatic carbocycles. The minimum Gasteiger partial charge on any atom is -0.489 e. The van der Waals surface area contributed by atoms with Crippen LogP contribution in [0, 0.1) is 11.3 Å². The molecule has 2 rings (SSSR count). The Morgan fingerprint density at radius 3 is 2.61 bits per heavy atom. The first-order chi connectivity index (χ1) is 11.1.